The van der Waals surface area contributed by atoms with Gasteiger partial charge in [0.2, 0.25) is 0 Å². The average molecular weight is 1140 g/mol. The van der Waals surface area contributed by atoms with Crippen LogP contribution >= 0.6 is 0 Å². The summed E-state index contributed by atoms with van der Waals surface area (Å²) in [6.07, 6.45) is 0. The summed E-state index contributed by atoms with van der Waals surface area (Å²) < 4.78 is 6.86. The molecule has 0 amide bonds. The molecule has 0 aliphatic carbocycles. The first-order chi connectivity index (χ1) is 43.7. The second-order valence-corrected chi connectivity index (χ2v) is 24.4. The van der Waals surface area contributed by atoms with Crippen LogP contribution in [0.1, 0.15) is 26.3 Å². The van der Waals surface area contributed by atoms with Crippen LogP contribution < -0.4 is 0 Å². The quantitative estimate of drug-likeness (QED) is 0.135. The fourth-order valence-corrected chi connectivity index (χ4v) is 13.6. The molecule has 0 radical (unpaired) electrons. The molecule has 0 aliphatic heterocycles. The fourth-order valence-electron chi connectivity index (χ4n) is 13.6. The van der Waals surface area contributed by atoms with Crippen molar-refractivity contribution in [3.8, 4) is 84.6 Å². The van der Waals surface area contributed by atoms with Crippen molar-refractivity contribution in [2.75, 3.05) is 0 Å². The van der Waals surface area contributed by atoms with Crippen LogP contribution in [0.2, 0.25) is 0 Å². The van der Waals surface area contributed by atoms with Gasteiger partial charge in [0, 0.05) is 33.8 Å². The molecule has 0 fully saturated rings. The summed E-state index contributed by atoms with van der Waals surface area (Å²) in [7, 11) is 0. The van der Waals surface area contributed by atoms with Crippen molar-refractivity contribution in [3.63, 3.8) is 0 Å². The van der Waals surface area contributed by atoms with Gasteiger partial charge in [-0.25, -0.2) is 15.0 Å². The van der Waals surface area contributed by atoms with Crippen molar-refractivity contribution in [1.82, 2.24) is 28.7 Å². The minimum atomic E-state index is -0.0598. The Morgan fingerprint density at radius 2 is 0.618 bits per heavy atom. The van der Waals surface area contributed by atoms with Gasteiger partial charge in [-0.1, -0.05) is 203 Å². The van der Waals surface area contributed by atoms with Crippen LogP contribution in [0.3, 0.4) is 0 Å². The monoisotopic (exact) mass is 1140 g/mol. The third-order valence-corrected chi connectivity index (χ3v) is 17.9. The zero-order valence-corrected chi connectivity index (χ0v) is 49.5. The Balaban J connectivity index is 0.911. The predicted octanol–water partition coefficient (Wildman–Crippen LogP) is 21.6. The number of imidazole rings is 3. The van der Waals surface area contributed by atoms with Crippen molar-refractivity contribution in [3.05, 3.63) is 303 Å². The van der Waals surface area contributed by atoms with E-state index in [9.17, 15) is 0 Å². The van der Waals surface area contributed by atoms with Crippen LogP contribution in [0.15, 0.2) is 297 Å². The zero-order valence-electron chi connectivity index (χ0n) is 49.5. The molecule has 3 heterocycles. The number of para-hydroxylation sites is 7. The maximum Gasteiger partial charge on any atom is 0.145 e. The summed E-state index contributed by atoms with van der Waals surface area (Å²) in [5, 5.41) is 9.76. The van der Waals surface area contributed by atoms with Crippen LogP contribution in [0.25, 0.3) is 161 Å². The Kier molecular flexibility index (Phi) is 12.0. The highest BCUT2D eigenvalue weighted by Gasteiger charge is 2.25. The first kappa shape index (κ1) is 51.9. The lowest BCUT2D eigenvalue weighted by Gasteiger charge is -2.23. The van der Waals surface area contributed by atoms with Crippen molar-refractivity contribution in [2.45, 2.75) is 26.2 Å². The number of hydrogen-bond acceptors (Lipinski definition) is 3. The molecule has 6 nitrogen and oxygen atoms in total. The van der Waals surface area contributed by atoms with Crippen LogP contribution in [-0.2, 0) is 5.41 Å². The van der Waals surface area contributed by atoms with Gasteiger partial charge >= 0.3 is 0 Å². The molecule has 89 heavy (non-hydrogen) atoms. The Bertz CT molecular complexity index is 5510. The van der Waals surface area contributed by atoms with Gasteiger partial charge in [0.1, 0.15) is 17.5 Å². The van der Waals surface area contributed by atoms with E-state index in [1.807, 2.05) is 0 Å². The number of nitrogens with zero attached hydrogens (tertiary/aromatic N) is 6. The smallest absolute Gasteiger partial charge is 0.145 e. The SMILES string of the molecule is CC(C)(C)c1ccc2c(-c3ccc4ccccc4c3)c3cc(-c4ccc5c(c4)nc(-c4cc(-c6nc7ccccc7n6-c6ccccc6)cc(-c6nc7ccccc7n6-c6ccccc6)c4)n5-c4ccccc4)ccc3c(-c3ccc4ccccc4c3)c2c1. The molecule has 17 aromatic rings. The molecule has 6 heteroatoms. The minimum Gasteiger partial charge on any atom is -0.292 e. The lowest BCUT2D eigenvalue weighted by Crippen LogP contribution is -2.10. The maximum atomic E-state index is 5.77. The van der Waals surface area contributed by atoms with Gasteiger partial charge in [0.25, 0.3) is 0 Å². The Morgan fingerprint density at radius 3 is 1.10 bits per heavy atom. The van der Waals surface area contributed by atoms with Crippen LogP contribution in [-0.4, -0.2) is 28.7 Å². The van der Waals surface area contributed by atoms with Crippen LogP contribution in [0, 0.1) is 0 Å². The Labute approximate surface area is 515 Å². The van der Waals surface area contributed by atoms with Gasteiger partial charge in [-0.15, -0.1) is 0 Å². The first-order valence-corrected chi connectivity index (χ1v) is 30.6. The highest BCUT2D eigenvalue weighted by atomic mass is 15.1. The number of fused-ring (bicyclic) bond motifs is 7. The maximum absolute atomic E-state index is 5.77. The predicted molar refractivity (Wildman–Crippen MR) is 372 cm³/mol. The standard InChI is InChI=1S/C83H58N6/c1-83(2,3)64-41-43-69-71(52-64)79(60-38-36-54-22-14-16-24-56(54)46-60)68-42-39-57(50-70(68)78(69)59-37-35-53-21-13-15-23-55(53)45-59)58-40-44-77-74(51-58)86-82(89(77)67-29-11-6-12-30-67)63-48-61(80-84-72-31-17-19-33-75(72)87(80)65-25-7-4-8-26-65)47-62(49-63)81-85-73-32-18-20-34-76(73)88(81)66-27-9-5-10-28-66/h4-52H,1-3H3. The lowest BCUT2D eigenvalue weighted by molar-refractivity contribution is 0.591. The normalized spacial score (nSPS) is 12.0. The van der Waals surface area contributed by atoms with E-state index in [-0.39, 0.29) is 5.41 Å². The largest absolute Gasteiger partial charge is 0.292 e. The Hall–Kier alpha value is -11.5. The molecule has 17 rings (SSSR count). The first-order valence-electron chi connectivity index (χ1n) is 30.6. The van der Waals surface area contributed by atoms with Gasteiger partial charge in [0.15, 0.2) is 0 Å². The van der Waals surface area contributed by atoms with Gasteiger partial charge in [-0.05, 0) is 203 Å². The van der Waals surface area contributed by atoms with Gasteiger partial charge in [-0.2, -0.15) is 0 Å². The molecule has 420 valence electrons. The molecule has 0 unspecified atom stereocenters. The van der Waals surface area contributed by atoms with Crippen molar-refractivity contribution >= 4 is 76.2 Å². The summed E-state index contributed by atoms with van der Waals surface area (Å²) in [6, 6.07) is 108. The van der Waals surface area contributed by atoms with Crippen molar-refractivity contribution in [2.24, 2.45) is 0 Å². The van der Waals surface area contributed by atoms with E-state index < -0.39 is 0 Å². The second-order valence-electron chi connectivity index (χ2n) is 24.4. The number of aromatic nitrogens is 6. The molecule has 0 bridgehead atoms. The molecule has 14 aromatic carbocycles. The van der Waals surface area contributed by atoms with Crippen molar-refractivity contribution in [1.29, 1.82) is 0 Å². The summed E-state index contributed by atoms with van der Waals surface area (Å²) in [5.74, 6) is 2.44. The number of benzene rings is 14. The van der Waals surface area contributed by atoms with E-state index in [2.05, 4.69) is 332 Å². The highest BCUT2D eigenvalue weighted by Crippen LogP contribution is 2.48. The van der Waals surface area contributed by atoms with E-state index in [0.717, 1.165) is 95.5 Å². The van der Waals surface area contributed by atoms with Crippen LogP contribution in [0.4, 0.5) is 0 Å². The van der Waals surface area contributed by atoms with E-state index in [0.29, 0.717) is 0 Å². The second kappa shape index (κ2) is 20.6. The molecule has 0 saturated heterocycles. The minimum absolute atomic E-state index is 0.0598. The molecular formula is C83H58N6. The lowest BCUT2D eigenvalue weighted by atomic mass is 9.80. The molecule has 0 spiro atoms. The Morgan fingerprint density at radius 1 is 0.247 bits per heavy atom. The number of rotatable bonds is 9. The summed E-state index contributed by atoms with van der Waals surface area (Å²) in [5.41, 5.74) is 19.8. The van der Waals surface area contributed by atoms with E-state index in [1.54, 1.807) is 0 Å². The summed E-state index contributed by atoms with van der Waals surface area (Å²) in [6.45, 7) is 6.94. The van der Waals surface area contributed by atoms with E-state index in [1.165, 1.54) is 70.9 Å². The molecule has 0 aliphatic rings. The summed E-state index contributed by atoms with van der Waals surface area (Å²) >= 11 is 0. The third kappa shape index (κ3) is 8.82. The average Bonchev–Trinajstić information content (AvgIpc) is 1.28. The molecule has 0 saturated carbocycles. The topological polar surface area (TPSA) is 53.5 Å². The van der Waals surface area contributed by atoms with Gasteiger partial charge in [0.05, 0.1) is 33.1 Å². The molecule has 0 atom stereocenters. The summed E-state index contributed by atoms with van der Waals surface area (Å²) in [4.78, 5) is 16.7. The van der Waals surface area contributed by atoms with E-state index >= 15 is 0 Å². The van der Waals surface area contributed by atoms with Crippen LogP contribution in [0.5, 0.6) is 0 Å². The van der Waals surface area contributed by atoms with Gasteiger partial charge in [-0.3, -0.25) is 13.7 Å². The zero-order chi connectivity index (χ0) is 59.3. The third-order valence-electron chi connectivity index (χ3n) is 17.9. The highest BCUT2D eigenvalue weighted by molar-refractivity contribution is 6.23. The molecule has 0 N–H and O–H groups in total. The van der Waals surface area contributed by atoms with Gasteiger partial charge < -0.3 is 0 Å². The van der Waals surface area contributed by atoms with E-state index in [4.69, 9.17) is 15.0 Å². The molecule has 3 aromatic heterocycles. The van der Waals surface area contributed by atoms with Crippen molar-refractivity contribution < 1.29 is 0 Å². The fraction of sp³-hybridized carbons (Fsp3) is 0.0482. The number of hydrogen-bond donors (Lipinski definition) is 0. The molecular weight excluding hydrogens is 1080 g/mol.